The zero-order valence-electron chi connectivity index (χ0n) is 17.4. The van der Waals surface area contributed by atoms with E-state index in [4.69, 9.17) is 9.31 Å². The monoisotopic (exact) mass is 380 g/mol. The fourth-order valence-electron chi connectivity index (χ4n) is 4.12. The van der Waals surface area contributed by atoms with Crippen molar-refractivity contribution in [2.75, 3.05) is 0 Å². The van der Waals surface area contributed by atoms with Crippen LogP contribution in [0.2, 0.25) is 0 Å². The molecule has 0 radical (unpaired) electrons. The number of fused-ring (bicyclic) bond motifs is 2. The summed E-state index contributed by atoms with van der Waals surface area (Å²) in [6.07, 6.45) is 0. The third-order valence-electron chi connectivity index (χ3n) is 6.50. The molecule has 1 fully saturated rings. The van der Waals surface area contributed by atoms with Gasteiger partial charge < -0.3 is 9.31 Å². The molecule has 0 aromatic heterocycles. The lowest BCUT2D eigenvalue weighted by molar-refractivity contribution is 0.00578. The van der Waals surface area contributed by atoms with Crippen molar-refractivity contribution >= 4 is 34.1 Å². The minimum atomic E-state index is -0.417. The first kappa shape index (κ1) is 18.4. The van der Waals surface area contributed by atoms with Gasteiger partial charge in [-0.2, -0.15) is 0 Å². The molecule has 0 atom stereocenters. The van der Waals surface area contributed by atoms with Gasteiger partial charge in [0.2, 0.25) is 0 Å². The molecular weight excluding hydrogens is 355 g/mol. The molecule has 4 aromatic carbocycles. The zero-order chi connectivity index (χ0) is 20.2. The number of hydrogen-bond donors (Lipinski definition) is 0. The first-order valence-corrected chi connectivity index (χ1v) is 10.2. The normalized spacial score (nSPS) is 17.9. The standard InChI is InChI=1S/C26H25BO2/c1-25(2)26(3,4)29-27(28-25)24-22(18-10-6-5-7-11-18)15-14-21-16-19-12-8-9-13-20(19)17-23(21)24/h5-17H,1-4H3. The van der Waals surface area contributed by atoms with E-state index in [1.165, 1.54) is 27.1 Å². The summed E-state index contributed by atoms with van der Waals surface area (Å²) < 4.78 is 13.0. The highest BCUT2D eigenvalue weighted by Gasteiger charge is 2.52. The Labute approximate surface area is 172 Å². The van der Waals surface area contributed by atoms with Gasteiger partial charge >= 0.3 is 7.12 Å². The predicted molar refractivity (Wildman–Crippen MR) is 123 cm³/mol. The maximum atomic E-state index is 6.51. The molecular formula is C26H25BO2. The Morgan fingerprint density at radius 3 is 1.86 bits per heavy atom. The molecule has 0 unspecified atom stereocenters. The van der Waals surface area contributed by atoms with Crippen LogP contribution in [0.15, 0.2) is 78.9 Å². The number of rotatable bonds is 2. The molecule has 1 aliphatic heterocycles. The van der Waals surface area contributed by atoms with Gasteiger partial charge in [0.25, 0.3) is 0 Å². The topological polar surface area (TPSA) is 18.5 Å². The Kier molecular flexibility index (Phi) is 4.09. The van der Waals surface area contributed by atoms with Crippen molar-refractivity contribution in [1.29, 1.82) is 0 Å². The van der Waals surface area contributed by atoms with Gasteiger partial charge in [0.05, 0.1) is 11.2 Å². The molecule has 2 nitrogen and oxygen atoms in total. The van der Waals surface area contributed by atoms with Crippen molar-refractivity contribution in [3.8, 4) is 11.1 Å². The second kappa shape index (κ2) is 6.45. The van der Waals surface area contributed by atoms with Crippen LogP contribution in [0, 0.1) is 0 Å². The maximum Gasteiger partial charge on any atom is 0.496 e. The van der Waals surface area contributed by atoms with Gasteiger partial charge in [-0.1, -0.05) is 66.7 Å². The Bertz CT molecular complexity index is 1200. The first-order chi connectivity index (χ1) is 13.9. The van der Waals surface area contributed by atoms with E-state index in [0.29, 0.717) is 0 Å². The van der Waals surface area contributed by atoms with E-state index in [9.17, 15) is 0 Å². The molecule has 1 heterocycles. The van der Waals surface area contributed by atoms with Crippen LogP contribution >= 0.6 is 0 Å². The van der Waals surface area contributed by atoms with Gasteiger partial charge in [0.15, 0.2) is 0 Å². The fraction of sp³-hybridized carbons (Fsp3) is 0.231. The van der Waals surface area contributed by atoms with Crippen LogP contribution in [0.3, 0.4) is 0 Å². The number of benzene rings is 4. The maximum absolute atomic E-state index is 6.51. The largest absolute Gasteiger partial charge is 0.496 e. The van der Waals surface area contributed by atoms with E-state index in [2.05, 4.69) is 100 Å². The molecule has 4 aromatic rings. The van der Waals surface area contributed by atoms with Crippen LogP contribution in [-0.4, -0.2) is 18.3 Å². The summed E-state index contributed by atoms with van der Waals surface area (Å²) in [6, 6.07) is 27.9. The molecule has 0 spiro atoms. The summed E-state index contributed by atoms with van der Waals surface area (Å²) in [7, 11) is -0.417. The average Bonchev–Trinajstić information content (AvgIpc) is 2.93. The van der Waals surface area contributed by atoms with E-state index < -0.39 is 7.12 Å². The SMILES string of the molecule is CC1(C)OB(c2c(-c3ccccc3)ccc3cc4ccccc4cc23)OC1(C)C. The molecule has 0 bridgehead atoms. The molecule has 0 N–H and O–H groups in total. The van der Waals surface area contributed by atoms with Crippen LogP contribution in [-0.2, 0) is 9.31 Å². The molecule has 1 saturated heterocycles. The van der Waals surface area contributed by atoms with Gasteiger partial charge in [0, 0.05) is 0 Å². The summed E-state index contributed by atoms with van der Waals surface area (Å²) in [5, 5.41) is 4.85. The Balaban J connectivity index is 1.81. The lowest BCUT2D eigenvalue weighted by atomic mass is 9.71. The van der Waals surface area contributed by atoms with Crippen molar-refractivity contribution in [1.82, 2.24) is 0 Å². The molecule has 0 aliphatic carbocycles. The smallest absolute Gasteiger partial charge is 0.399 e. The summed E-state index contributed by atoms with van der Waals surface area (Å²) >= 11 is 0. The van der Waals surface area contributed by atoms with Crippen LogP contribution in [0.4, 0.5) is 0 Å². The lowest BCUT2D eigenvalue weighted by Gasteiger charge is -2.32. The summed E-state index contributed by atoms with van der Waals surface area (Å²) in [6.45, 7) is 8.43. The van der Waals surface area contributed by atoms with Gasteiger partial charge in [0.1, 0.15) is 0 Å². The third-order valence-corrected chi connectivity index (χ3v) is 6.50. The van der Waals surface area contributed by atoms with Crippen LogP contribution in [0.1, 0.15) is 27.7 Å². The van der Waals surface area contributed by atoms with E-state index in [1.807, 2.05) is 6.07 Å². The second-order valence-electron chi connectivity index (χ2n) is 8.90. The van der Waals surface area contributed by atoms with Crippen LogP contribution in [0.25, 0.3) is 32.7 Å². The van der Waals surface area contributed by atoms with E-state index in [-0.39, 0.29) is 11.2 Å². The van der Waals surface area contributed by atoms with Gasteiger partial charge in [-0.15, -0.1) is 0 Å². The lowest BCUT2D eigenvalue weighted by Crippen LogP contribution is -2.41. The highest BCUT2D eigenvalue weighted by molar-refractivity contribution is 6.67. The highest BCUT2D eigenvalue weighted by Crippen LogP contribution is 2.38. The molecule has 0 saturated carbocycles. The fourth-order valence-corrected chi connectivity index (χ4v) is 4.12. The Morgan fingerprint density at radius 2 is 1.21 bits per heavy atom. The van der Waals surface area contributed by atoms with Crippen LogP contribution < -0.4 is 5.46 Å². The number of hydrogen-bond acceptors (Lipinski definition) is 2. The minimum Gasteiger partial charge on any atom is -0.399 e. The van der Waals surface area contributed by atoms with Crippen molar-refractivity contribution in [2.45, 2.75) is 38.9 Å². The average molecular weight is 380 g/mol. The van der Waals surface area contributed by atoms with Crippen molar-refractivity contribution in [3.63, 3.8) is 0 Å². The summed E-state index contributed by atoms with van der Waals surface area (Å²) in [5.74, 6) is 0. The second-order valence-corrected chi connectivity index (χ2v) is 8.90. The molecule has 29 heavy (non-hydrogen) atoms. The van der Waals surface area contributed by atoms with E-state index in [0.717, 1.165) is 11.0 Å². The first-order valence-electron chi connectivity index (χ1n) is 10.2. The van der Waals surface area contributed by atoms with Gasteiger partial charge in [-0.3, -0.25) is 0 Å². The minimum absolute atomic E-state index is 0.384. The molecule has 5 rings (SSSR count). The van der Waals surface area contributed by atoms with E-state index >= 15 is 0 Å². The van der Waals surface area contributed by atoms with Crippen molar-refractivity contribution in [2.24, 2.45) is 0 Å². The van der Waals surface area contributed by atoms with E-state index in [1.54, 1.807) is 0 Å². The van der Waals surface area contributed by atoms with Gasteiger partial charge in [-0.25, -0.2) is 0 Å². The summed E-state index contributed by atoms with van der Waals surface area (Å²) in [5.41, 5.74) is 2.67. The quantitative estimate of drug-likeness (QED) is 0.316. The summed E-state index contributed by atoms with van der Waals surface area (Å²) in [4.78, 5) is 0. The van der Waals surface area contributed by atoms with Crippen LogP contribution in [0.5, 0.6) is 0 Å². The zero-order valence-corrected chi connectivity index (χ0v) is 17.4. The predicted octanol–water partition coefficient (Wildman–Crippen LogP) is 5.96. The third kappa shape index (κ3) is 2.97. The molecule has 1 aliphatic rings. The van der Waals surface area contributed by atoms with Gasteiger partial charge in [-0.05, 0) is 78.0 Å². The van der Waals surface area contributed by atoms with Crippen molar-refractivity contribution in [3.05, 3.63) is 78.9 Å². The molecule has 0 amide bonds. The molecule has 3 heteroatoms. The Morgan fingerprint density at radius 1 is 0.621 bits per heavy atom. The molecule has 144 valence electrons. The highest BCUT2D eigenvalue weighted by atomic mass is 16.7. The Hall–Kier alpha value is -2.62. The van der Waals surface area contributed by atoms with Crippen molar-refractivity contribution < 1.29 is 9.31 Å².